The van der Waals surface area contributed by atoms with Gasteiger partial charge in [0.05, 0.1) is 18.8 Å². The van der Waals surface area contributed by atoms with Gasteiger partial charge in [0.25, 0.3) is 6.47 Å². The number of β-amino-alcohol motifs (C(OH)–C–C–N with tert-alkyl or cyclic N) is 1. The highest BCUT2D eigenvalue weighted by atomic mass is 16.5. The summed E-state index contributed by atoms with van der Waals surface area (Å²) >= 11 is 0. The Labute approximate surface area is 199 Å². The molecular formula is C27H31NO6. The van der Waals surface area contributed by atoms with E-state index in [0.29, 0.717) is 18.8 Å². The van der Waals surface area contributed by atoms with Gasteiger partial charge in [0.2, 0.25) is 0 Å². The Bertz CT molecular complexity index is 1090. The van der Waals surface area contributed by atoms with Gasteiger partial charge in [0.15, 0.2) is 0 Å². The molecule has 0 radical (unpaired) electrons. The molecule has 0 saturated carbocycles. The van der Waals surface area contributed by atoms with Crippen LogP contribution in [0.2, 0.25) is 0 Å². The molecule has 180 valence electrons. The highest BCUT2D eigenvalue weighted by molar-refractivity contribution is 6.00. The van der Waals surface area contributed by atoms with Gasteiger partial charge >= 0.3 is 0 Å². The summed E-state index contributed by atoms with van der Waals surface area (Å²) in [6, 6.07) is 20.0. The van der Waals surface area contributed by atoms with Gasteiger partial charge in [-0.15, -0.1) is 0 Å². The zero-order chi connectivity index (χ0) is 23.9. The number of morpholine rings is 1. The maximum absolute atomic E-state index is 10.6. The molecular weight excluding hydrogens is 434 g/mol. The van der Waals surface area contributed by atoms with Crippen molar-refractivity contribution in [2.24, 2.45) is 0 Å². The molecule has 2 heterocycles. The fourth-order valence-corrected chi connectivity index (χ4v) is 4.94. The van der Waals surface area contributed by atoms with E-state index in [1.165, 1.54) is 0 Å². The number of ether oxygens (including phenoxy) is 2. The summed E-state index contributed by atoms with van der Waals surface area (Å²) in [5, 5.41) is 29.3. The van der Waals surface area contributed by atoms with E-state index in [1.54, 1.807) is 0 Å². The van der Waals surface area contributed by atoms with Crippen LogP contribution in [-0.4, -0.2) is 71.2 Å². The molecule has 0 spiro atoms. The summed E-state index contributed by atoms with van der Waals surface area (Å²) in [7, 11) is 0. The van der Waals surface area contributed by atoms with E-state index in [4.69, 9.17) is 19.4 Å². The highest BCUT2D eigenvalue weighted by Gasteiger charge is 2.34. The molecule has 2 bridgehead atoms. The third-order valence-corrected chi connectivity index (χ3v) is 6.38. The molecule has 2 aliphatic rings. The first-order chi connectivity index (χ1) is 16.6. The number of aliphatic hydroxyl groups is 2. The second-order valence-electron chi connectivity index (χ2n) is 8.72. The van der Waals surface area contributed by atoms with Crippen molar-refractivity contribution in [1.29, 1.82) is 0 Å². The molecule has 1 unspecified atom stereocenters. The van der Waals surface area contributed by atoms with Crippen molar-refractivity contribution < 1.29 is 29.6 Å². The number of carbonyl (C=O) groups is 1. The molecule has 3 N–H and O–H groups in total. The number of fused-ring (bicyclic) bond motifs is 3. The molecule has 2 fully saturated rings. The number of aliphatic hydroxyl groups excluding tert-OH is 2. The fraction of sp³-hybridized carbons (Fsp3) is 0.370. The Hall–Kier alpha value is -2.97. The molecule has 3 aromatic rings. The fourth-order valence-electron chi connectivity index (χ4n) is 4.94. The number of hydrogen-bond acceptors (Lipinski definition) is 6. The third kappa shape index (κ3) is 5.56. The quantitative estimate of drug-likeness (QED) is 0.461. The van der Waals surface area contributed by atoms with E-state index in [1.807, 2.05) is 54.6 Å². The van der Waals surface area contributed by atoms with E-state index >= 15 is 0 Å². The van der Waals surface area contributed by atoms with Gasteiger partial charge in [-0.1, -0.05) is 54.6 Å². The van der Waals surface area contributed by atoms with Crippen LogP contribution in [0.5, 0.6) is 5.75 Å². The number of carboxylic acid groups (broad SMARTS) is 1. The van der Waals surface area contributed by atoms with E-state index < -0.39 is 6.10 Å². The molecule has 7 nitrogen and oxygen atoms in total. The second kappa shape index (κ2) is 11.4. The van der Waals surface area contributed by atoms with Crippen LogP contribution < -0.4 is 4.74 Å². The van der Waals surface area contributed by atoms with Crippen molar-refractivity contribution in [2.45, 2.75) is 37.8 Å². The minimum atomic E-state index is -0.550. The number of hydrogen-bond donors (Lipinski definition) is 3. The molecule has 3 aromatic carbocycles. The first kappa shape index (κ1) is 24.2. The SMILES string of the molecule is O=CO.OCc1ccccc1-c1ccc(OCC(O)CN2C[C@H]3CC[C@@H](C2)O3)c2ccccc12. The molecule has 0 aromatic heterocycles. The van der Waals surface area contributed by atoms with Crippen LogP contribution in [0.15, 0.2) is 60.7 Å². The smallest absolute Gasteiger partial charge is 0.290 e. The Morgan fingerprint density at radius 2 is 1.62 bits per heavy atom. The highest BCUT2D eigenvalue weighted by Crippen LogP contribution is 2.36. The Kier molecular flexibility index (Phi) is 8.13. The van der Waals surface area contributed by atoms with Gasteiger partial charge in [0, 0.05) is 25.0 Å². The Balaban J connectivity index is 0.000000868. The first-order valence-corrected chi connectivity index (χ1v) is 11.6. The average Bonchev–Trinajstić information content (AvgIpc) is 3.20. The van der Waals surface area contributed by atoms with Gasteiger partial charge in [0.1, 0.15) is 18.5 Å². The summed E-state index contributed by atoms with van der Waals surface area (Å²) in [6.45, 7) is 2.41. The molecule has 0 aliphatic carbocycles. The third-order valence-electron chi connectivity index (χ3n) is 6.38. The van der Waals surface area contributed by atoms with Crippen molar-refractivity contribution in [1.82, 2.24) is 4.90 Å². The lowest BCUT2D eigenvalue weighted by Crippen LogP contribution is -2.46. The van der Waals surface area contributed by atoms with Gasteiger partial charge in [-0.05, 0) is 41.0 Å². The summed E-state index contributed by atoms with van der Waals surface area (Å²) in [5.41, 5.74) is 2.99. The molecule has 0 amide bonds. The normalized spacial score (nSPS) is 20.4. The minimum Gasteiger partial charge on any atom is -0.490 e. The number of rotatable bonds is 7. The van der Waals surface area contributed by atoms with E-state index in [9.17, 15) is 10.2 Å². The van der Waals surface area contributed by atoms with Gasteiger partial charge in [-0.25, -0.2) is 0 Å². The summed E-state index contributed by atoms with van der Waals surface area (Å²) in [5.74, 6) is 0.766. The molecule has 2 saturated heterocycles. The topological polar surface area (TPSA) is 99.5 Å². The maximum atomic E-state index is 10.6. The molecule has 34 heavy (non-hydrogen) atoms. The predicted molar refractivity (Wildman–Crippen MR) is 130 cm³/mol. The lowest BCUT2D eigenvalue weighted by atomic mass is 9.94. The average molecular weight is 466 g/mol. The number of benzene rings is 3. The van der Waals surface area contributed by atoms with Crippen LogP contribution >= 0.6 is 0 Å². The van der Waals surface area contributed by atoms with Crippen LogP contribution in [-0.2, 0) is 16.1 Å². The van der Waals surface area contributed by atoms with Gasteiger partial charge in [-0.2, -0.15) is 0 Å². The minimum absolute atomic E-state index is 0.00179. The van der Waals surface area contributed by atoms with E-state index in [0.717, 1.165) is 59.1 Å². The largest absolute Gasteiger partial charge is 0.490 e. The van der Waals surface area contributed by atoms with Crippen LogP contribution in [0.25, 0.3) is 21.9 Å². The number of nitrogens with zero attached hydrogens (tertiary/aromatic N) is 1. The van der Waals surface area contributed by atoms with Crippen LogP contribution in [0, 0.1) is 0 Å². The van der Waals surface area contributed by atoms with Crippen LogP contribution in [0.4, 0.5) is 0 Å². The molecule has 7 heteroatoms. The van der Waals surface area contributed by atoms with Crippen molar-refractivity contribution in [2.75, 3.05) is 26.2 Å². The number of likely N-dealkylation sites (tertiary alicyclic amines) is 1. The molecule has 3 atom stereocenters. The van der Waals surface area contributed by atoms with Gasteiger partial charge < -0.3 is 24.8 Å². The standard InChI is InChI=1S/C26H29NO4.CH2O2/c28-16-18-5-1-2-6-22(18)24-11-12-26(25-8-4-3-7-23(24)25)30-17-19(29)13-27-14-20-9-10-21(15-27)31-20;2-1-3/h1-8,11-12,19-21,28-29H,9-10,13-17H2;1H,(H,2,3)/t19?,20-,21+;. The summed E-state index contributed by atoms with van der Waals surface area (Å²) < 4.78 is 12.0. The lowest BCUT2D eigenvalue weighted by Gasteiger charge is -2.33. The Morgan fingerprint density at radius 3 is 2.32 bits per heavy atom. The lowest BCUT2D eigenvalue weighted by molar-refractivity contribution is -0.122. The zero-order valence-corrected chi connectivity index (χ0v) is 19.0. The Morgan fingerprint density at radius 1 is 0.971 bits per heavy atom. The summed E-state index contributed by atoms with van der Waals surface area (Å²) in [4.78, 5) is 10.7. The van der Waals surface area contributed by atoms with Crippen molar-refractivity contribution in [3.63, 3.8) is 0 Å². The van der Waals surface area contributed by atoms with Crippen molar-refractivity contribution >= 4 is 17.2 Å². The van der Waals surface area contributed by atoms with Crippen molar-refractivity contribution in [3.05, 3.63) is 66.2 Å². The first-order valence-electron chi connectivity index (χ1n) is 11.6. The second-order valence-corrected chi connectivity index (χ2v) is 8.72. The maximum Gasteiger partial charge on any atom is 0.290 e. The summed E-state index contributed by atoms with van der Waals surface area (Å²) in [6.07, 6.45) is 2.36. The van der Waals surface area contributed by atoms with Crippen LogP contribution in [0.3, 0.4) is 0 Å². The predicted octanol–water partition coefficient (Wildman–Crippen LogP) is 3.30. The van der Waals surface area contributed by atoms with Gasteiger partial charge in [-0.3, -0.25) is 9.69 Å². The zero-order valence-electron chi connectivity index (χ0n) is 19.0. The van der Waals surface area contributed by atoms with E-state index in [-0.39, 0.29) is 19.7 Å². The van der Waals surface area contributed by atoms with Crippen LogP contribution in [0.1, 0.15) is 18.4 Å². The molecule has 2 aliphatic heterocycles. The monoisotopic (exact) mass is 465 g/mol. The van der Waals surface area contributed by atoms with E-state index in [2.05, 4.69) is 11.0 Å². The van der Waals surface area contributed by atoms with Crippen molar-refractivity contribution in [3.8, 4) is 16.9 Å². The molecule has 5 rings (SSSR count).